The molecule has 0 aliphatic carbocycles. The van der Waals surface area contributed by atoms with Crippen LogP contribution in [0.4, 0.5) is 39.5 Å². The molecule has 178 valence electrons. The van der Waals surface area contributed by atoms with Crippen molar-refractivity contribution in [3.63, 3.8) is 0 Å². The second-order valence-electron chi connectivity index (χ2n) is 7.04. The Morgan fingerprint density at radius 3 is 0.727 bits per heavy atom. The van der Waals surface area contributed by atoms with Crippen molar-refractivity contribution in [2.75, 3.05) is 0 Å². The van der Waals surface area contributed by atoms with E-state index >= 15 is 0 Å². The van der Waals surface area contributed by atoms with Gasteiger partial charge in [0.2, 0.25) is 0 Å². The first-order chi connectivity index (χ1) is 14.9. The van der Waals surface area contributed by atoms with E-state index in [2.05, 4.69) is 25.2 Å². The fraction of sp³-hybridized carbons (Fsp3) is 0.143. The maximum absolute atomic E-state index is 13.0. The molecule has 0 aliphatic heterocycles. The molecule has 3 rings (SSSR count). The fourth-order valence-corrected chi connectivity index (χ4v) is 21.0. The number of benzene rings is 3. The van der Waals surface area contributed by atoms with Gasteiger partial charge in [0.1, 0.15) is 0 Å². The van der Waals surface area contributed by atoms with Crippen molar-refractivity contribution in [2.24, 2.45) is 0 Å². The summed E-state index contributed by atoms with van der Waals surface area (Å²) in [5.41, 5.74) is -2.83. The summed E-state index contributed by atoms with van der Waals surface area (Å²) in [6.45, 7) is 0. The van der Waals surface area contributed by atoms with Crippen molar-refractivity contribution in [2.45, 2.75) is 18.5 Å². The molecule has 0 spiro atoms. The van der Waals surface area contributed by atoms with Crippen LogP contribution >= 0.6 is 25.2 Å². The van der Waals surface area contributed by atoms with Gasteiger partial charge in [0, 0.05) is 0 Å². The Hall–Kier alpha value is -1.19. The van der Waals surface area contributed by atoms with Gasteiger partial charge >= 0.3 is 196 Å². The van der Waals surface area contributed by atoms with Gasteiger partial charge in [-0.15, -0.1) is 0 Å². The molecule has 33 heavy (non-hydrogen) atoms. The van der Waals surface area contributed by atoms with Gasteiger partial charge in [-0.1, -0.05) is 0 Å². The fourth-order valence-electron chi connectivity index (χ4n) is 3.18. The van der Waals surface area contributed by atoms with Gasteiger partial charge in [-0.3, -0.25) is 0 Å². The predicted molar refractivity (Wildman–Crippen MR) is 117 cm³/mol. The monoisotopic (exact) mass is 714 g/mol. The maximum atomic E-state index is 13.0. The summed E-state index contributed by atoms with van der Waals surface area (Å²) < 4.78 is 118. The summed E-state index contributed by atoms with van der Waals surface area (Å²) in [7, 11) is 0. The molecule has 0 atom stereocenters. The summed E-state index contributed by atoms with van der Waals surface area (Å²) in [5.74, 6) is 0. The Balaban J connectivity index is 2.26. The molecule has 0 aromatic heterocycles. The van der Waals surface area contributed by atoms with Crippen molar-refractivity contribution >= 4 is 48.6 Å². The molecular formula is C21H12Br2F9Sb. The van der Waals surface area contributed by atoms with Gasteiger partial charge in [-0.25, -0.2) is 0 Å². The zero-order chi connectivity index (χ0) is 24.9. The van der Waals surface area contributed by atoms with Gasteiger partial charge in [0.05, 0.1) is 0 Å². The Morgan fingerprint density at radius 2 is 0.576 bits per heavy atom. The Bertz CT molecular complexity index is 983. The third kappa shape index (κ3) is 5.10. The van der Waals surface area contributed by atoms with E-state index in [0.717, 1.165) is 36.4 Å². The summed E-state index contributed by atoms with van der Waals surface area (Å²) in [6, 6.07) is 11.9. The second-order valence-corrected chi connectivity index (χ2v) is 42.1. The van der Waals surface area contributed by atoms with Gasteiger partial charge < -0.3 is 0 Å². The first kappa shape index (κ1) is 26.4. The van der Waals surface area contributed by atoms with Crippen molar-refractivity contribution in [3.8, 4) is 0 Å². The van der Waals surface area contributed by atoms with Crippen LogP contribution in [0, 0.1) is 0 Å². The van der Waals surface area contributed by atoms with Crippen molar-refractivity contribution < 1.29 is 39.5 Å². The van der Waals surface area contributed by atoms with Crippen molar-refractivity contribution in [3.05, 3.63) is 89.5 Å². The van der Waals surface area contributed by atoms with Crippen LogP contribution in [-0.4, -0.2) is 12.9 Å². The van der Waals surface area contributed by atoms with Crippen LogP contribution in [-0.2, 0) is 18.5 Å². The summed E-state index contributed by atoms with van der Waals surface area (Å²) in [5, 5.41) is 0. The number of alkyl halides is 9. The van der Waals surface area contributed by atoms with E-state index in [4.69, 9.17) is 0 Å². The molecule has 0 heterocycles. The molecule has 0 N–H and O–H groups in total. The molecule has 0 saturated heterocycles. The first-order valence-electron chi connectivity index (χ1n) is 8.92. The quantitative estimate of drug-likeness (QED) is 0.204. The number of rotatable bonds is 3. The molecule has 0 amide bonds. The number of hydrogen-bond donors (Lipinski definition) is 0. The van der Waals surface area contributed by atoms with Crippen molar-refractivity contribution in [1.82, 2.24) is 0 Å². The molecule has 0 saturated carbocycles. The Labute approximate surface area is 195 Å². The van der Waals surface area contributed by atoms with E-state index in [1.807, 2.05) is 0 Å². The molecule has 0 unspecified atom stereocenters. The zero-order valence-electron chi connectivity index (χ0n) is 16.0. The van der Waals surface area contributed by atoms with Gasteiger partial charge in [0.15, 0.2) is 0 Å². The standard InChI is InChI=1S/3C7H4F3.2BrH.Sb/c3*8-7(9,10)6-4-2-1-3-5-6;;;/h3*2-5H;2*1H;/q;;;;;+2/p-2. The van der Waals surface area contributed by atoms with E-state index in [9.17, 15) is 39.5 Å². The molecule has 12 heteroatoms. The zero-order valence-corrected chi connectivity index (χ0v) is 21.8. The topological polar surface area (TPSA) is 0 Å². The van der Waals surface area contributed by atoms with Gasteiger partial charge in [0.25, 0.3) is 0 Å². The first-order valence-corrected chi connectivity index (χ1v) is 24.2. The third-order valence-corrected chi connectivity index (χ3v) is 31.7. The van der Waals surface area contributed by atoms with Crippen LogP contribution in [0.3, 0.4) is 0 Å². The SMILES string of the molecule is FC(F)(F)c1cc[c]([Sb]([Br])([Br])([c]2ccc(C(F)(F)F)cc2)[c]2ccc(C(F)(F)F)cc2)cc1. The van der Waals surface area contributed by atoms with Crippen LogP contribution in [0.2, 0.25) is 0 Å². The average molecular weight is 717 g/mol. The molecule has 3 aromatic carbocycles. The molecule has 0 bridgehead atoms. The van der Waals surface area contributed by atoms with Gasteiger partial charge in [-0.05, 0) is 0 Å². The average Bonchev–Trinajstić information content (AvgIpc) is 2.72. The van der Waals surface area contributed by atoms with E-state index in [0.29, 0.717) is 0 Å². The molecular weight excluding hydrogens is 705 g/mol. The molecule has 0 aliphatic rings. The van der Waals surface area contributed by atoms with Crippen LogP contribution in [0.25, 0.3) is 0 Å². The minimum atomic E-state index is -5.16. The van der Waals surface area contributed by atoms with E-state index in [1.54, 1.807) is 0 Å². The molecule has 0 radical (unpaired) electrons. The van der Waals surface area contributed by atoms with E-state index in [1.165, 1.54) is 36.4 Å². The Kier molecular flexibility index (Phi) is 6.79. The number of halogens is 11. The second kappa shape index (κ2) is 8.48. The summed E-state index contributed by atoms with van der Waals surface area (Å²) >= 11 is 2.07. The molecule has 0 nitrogen and oxygen atoms in total. The van der Waals surface area contributed by atoms with E-state index in [-0.39, 0.29) is 10.5 Å². The van der Waals surface area contributed by atoms with Crippen molar-refractivity contribution in [1.29, 1.82) is 0 Å². The van der Waals surface area contributed by atoms with Crippen LogP contribution in [0.1, 0.15) is 16.7 Å². The van der Waals surface area contributed by atoms with Crippen LogP contribution in [0.5, 0.6) is 0 Å². The normalized spacial score (nSPS) is 14.6. The Morgan fingerprint density at radius 1 is 0.394 bits per heavy atom. The predicted octanol–water partition coefficient (Wildman–Crippen LogP) is 6.95. The summed E-state index contributed by atoms with van der Waals surface area (Å²) in [6.07, 6.45) is -13.9. The molecule has 0 fully saturated rings. The number of hydrogen-bond acceptors (Lipinski definition) is 0. The molecule has 3 aromatic rings. The van der Waals surface area contributed by atoms with Gasteiger partial charge in [-0.2, -0.15) is 0 Å². The van der Waals surface area contributed by atoms with Crippen LogP contribution in [0.15, 0.2) is 72.8 Å². The third-order valence-electron chi connectivity index (χ3n) is 4.94. The summed E-state index contributed by atoms with van der Waals surface area (Å²) in [4.78, 5) is 0. The minimum absolute atomic E-state index is 0.287. The van der Waals surface area contributed by atoms with Crippen LogP contribution < -0.4 is 10.5 Å². The van der Waals surface area contributed by atoms with E-state index < -0.39 is 48.1 Å².